The van der Waals surface area contributed by atoms with E-state index in [1.165, 1.54) is 14.1 Å². The predicted octanol–water partition coefficient (Wildman–Crippen LogP) is 1.17. The quantitative estimate of drug-likeness (QED) is 0.436. The van der Waals surface area contributed by atoms with E-state index in [0.29, 0.717) is 5.56 Å². The van der Waals surface area contributed by atoms with Crippen molar-refractivity contribution in [1.82, 2.24) is 9.80 Å². The van der Waals surface area contributed by atoms with Crippen molar-refractivity contribution in [1.29, 1.82) is 0 Å². The molecule has 5 rings (SSSR count). The summed E-state index contributed by atoms with van der Waals surface area (Å²) in [5, 5.41) is 34.3. The molecule has 0 bridgehead atoms. The summed E-state index contributed by atoms with van der Waals surface area (Å²) in [4.78, 5) is 41.3. The van der Waals surface area contributed by atoms with E-state index < -0.39 is 72.7 Å². The maximum atomic E-state index is 13.2. The molecule has 3 N–H and O–H groups in total. The second kappa shape index (κ2) is 12.6. The first-order valence-corrected chi connectivity index (χ1v) is 14.0. The highest BCUT2D eigenvalue weighted by molar-refractivity contribution is 5.87. The number of fused-ring (bicyclic) bond motifs is 2. The van der Waals surface area contributed by atoms with E-state index in [1.807, 2.05) is 12.1 Å². The second-order valence-corrected chi connectivity index (χ2v) is 11.1. The van der Waals surface area contributed by atoms with Crippen LogP contribution in [-0.2, 0) is 41.7 Å². The van der Waals surface area contributed by atoms with Gasteiger partial charge in [0, 0.05) is 20.5 Å². The van der Waals surface area contributed by atoms with Gasteiger partial charge in [-0.3, -0.25) is 4.79 Å². The van der Waals surface area contributed by atoms with Crippen LogP contribution in [-0.4, -0.2) is 112 Å². The maximum absolute atomic E-state index is 13.2. The summed E-state index contributed by atoms with van der Waals surface area (Å²) >= 11 is 0. The third-order valence-electron chi connectivity index (χ3n) is 8.07. The van der Waals surface area contributed by atoms with Crippen molar-refractivity contribution in [3.63, 3.8) is 0 Å². The third-order valence-corrected chi connectivity index (χ3v) is 8.07. The van der Waals surface area contributed by atoms with Crippen LogP contribution in [0.5, 0.6) is 0 Å². The zero-order valence-electron chi connectivity index (χ0n) is 24.0. The lowest BCUT2D eigenvalue weighted by atomic mass is 9.78. The van der Waals surface area contributed by atoms with E-state index in [9.17, 15) is 29.7 Å². The molecule has 0 aromatic heterocycles. The van der Waals surface area contributed by atoms with Crippen LogP contribution in [0.25, 0.3) is 0 Å². The van der Waals surface area contributed by atoms with Gasteiger partial charge in [-0.2, -0.15) is 0 Å². The van der Waals surface area contributed by atoms with Crippen LogP contribution in [0.3, 0.4) is 0 Å². The van der Waals surface area contributed by atoms with Crippen molar-refractivity contribution in [2.24, 2.45) is 0 Å². The molecule has 2 heterocycles. The molecule has 13 heteroatoms. The smallest absolute Gasteiger partial charge is 0.410 e. The lowest BCUT2D eigenvalue weighted by molar-refractivity contribution is -0.423. The summed E-state index contributed by atoms with van der Waals surface area (Å²) in [6.07, 6.45) is -10.2. The Morgan fingerprint density at radius 3 is 1.88 bits per heavy atom. The van der Waals surface area contributed by atoms with Gasteiger partial charge in [0.2, 0.25) is 6.29 Å². The summed E-state index contributed by atoms with van der Waals surface area (Å²) < 4.78 is 28.3. The molecule has 2 aromatic carbocycles. The summed E-state index contributed by atoms with van der Waals surface area (Å²) in [7, 11) is 2.67. The topological polar surface area (TPSA) is 165 Å². The largest absolute Gasteiger partial charge is 0.445 e. The maximum Gasteiger partial charge on any atom is 0.410 e. The summed E-state index contributed by atoms with van der Waals surface area (Å²) in [6.45, 7) is 1.48. The molecule has 9 atom stereocenters. The van der Waals surface area contributed by atoms with Crippen LogP contribution in [0.2, 0.25) is 0 Å². The van der Waals surface area contributed by atoms with Crippen molar-refractivity contribution in [3.8, 4) is 0 Å². The number of Topliss-reactive ketones (excluding diaryl/α,β-unsaturated/α-hetero) is 1. The van der Waals surface area contributed by atoms with Gasteiger partial charge in [-0.25, -0.2) is 9.59 Å². The minimum Gasteiger partial charge on any atom is -0.445 e. The summed E-state index contributed by atoms with van der Waals surface area (Å²) in [5.41, 5.74) is 1.44. The molecule has 0 radical (unpaired) electrons. The number of ketones is 1. The van der Waals surface area contributed by atoms with Crippen LogP contribution in [0.1, 0.15) is 24.5 Å². The molecule has 2 aromatic rings. The average molecular weight is 601 g/mol. The normalized spacial score (nSPS) is 33.5. The molecule has 232 valence electrons. The Balaban J connectivity index is 1.41. The van der Waals surface area contributed by atoms with E-state index >= 15 is 0 Å². The fourth-order valence-electron chi connectivity index (χ4n) is 5.76. The Bertz CT molecular complexity index is 1300. The van der Waals surface area contributed by atoms with Gasteiger partial charge in [0.05, 0.1) is 18.2 Å². The van der Waals surface area contributed by atoms with Crippen molar-refractivity contribution < 1.29 is 53.4 Å². The lowest BCUT2D eigenvalue weighted by Gasteiger charge is -2.57. The molecule has 0 unspecified atom stereocenters. The number of rotatable bonds is 6. The predicted molar refractivity (Wildman–Crippen MR) is 147 cm³/mol. The van der Waals surface area contributed by atoms with Gasteiger partial charge < -0.3 is 48.8 Å². The number of amides is 2. The van der Waals surface area contributed by atoms with Crippen molar-refractivity contribution >= 4 is 18.0 Å². The van der Waals surface area contributed by atoms with Gasteiger partial charge in [0.15, 0.2) is 5.78 Å². The van der Waals surface area contributed by atoms with Crippen molar-refractivity contribution in [2.45, 2.75) is 81.2 Å². The zero-order valence-corrected chi connectivity index (χ0v) is 24.0. The Kier molecular flexibility index (Phi) is 9.02. The van der Waals surface area contributed by atoms with Crippen LogP contribution < -0.4 is 0 Å². The zero-order chi connectivity index (χ0) is 30.9. The number of carbonyl (C=O) groups is 3. The number of carbonyl (C=O) groups excluding carboxylic acids is 3. The molecular weight excluding hydrogens is 564 g/mol. The van der Waals surface area contributed by atoms with Gasteiger partial charge in [0.25, 0.3) is 5.79 Å². The minimum absolute atomic E-state index is 0.0628. The molecule has 2 saturated heterocycles. The number of likely N-dealkylation sites (N-methyl/N-ethyl adjacent to an activating group) is 2. The number of aliphatic hydroxyl groups is 3. The van der Waals surface area contributed by atoms with Gasteiger partial charge >= 0.3 is 12.2 Å². The number of nitrogens with zero attached hydrogens (tertiary/aromatic N) is 2. The standard InChI is InChI=1S/C30H36N2O11/c1-17-14-20(33)30(38)27(41-17)42-26-24(35)21(31(2)28(36)39-15-18-10-6-4-7-11-18)23(34)22(25(26)43-30)32(3)29(37)40-16-19-12-8-5-9-13-19/h4-13,17,21-27,34-35,38H,14-16H2,1-3H3/t17-,21-,22+,23+,24+,25-,26-,27+,30+/m1/s1. The molecule has 2 aliphatic heterocycles. The van der Waals surface area contributed by atoms with Gasteiger partial charge in [-0.15, -0.1) is 0 Å². The monoisotopic (exact) mass is 600 g/mol. The van der Waals surface area contributed by atoms with Crippen LogP contribution in [0, 0.1) is 0 Å². The first-order valence-electron chi connectivity index (χ1n) is 14.0. The average Bonchev–Trinajstić information content (AvgIpc) is 2.99. The highest BCUT2D eigenvalue weighted by atomic mass is 16.8. The van der Waals surface area contributed by atoms with E-state index in [0.717, 1.165) is 15.4 Å². The number of hydrogen-bond acceptors (Lipinski definition) is 11. The second-order valence-electron chi connectivity index (χ2n) is 11.1. The Morgan fingerprint density at radius 1 is 0.837 bits per heavy atom. The molecule has 13 nitrogen and oxygen atoms in total. The van der Waals surface area contributed by atoms with Crippen LogP contribution in [0.4, 0.5) is 9.59 Å². The fraction of sp³-hybridized carbons (Fsp3) is 0.500. The number of hydrogen-bond donors (Lipinski definition) is 3. The lowest BCUT2D eigenvalue weighted by Crippen LogP contribution is -2.78. The van der Waals surface area contributed by atoms with E-state index in [4.69, 9.17) is 23.7 Å². The Morgan fingerprint density at radius 2 is 1.35 bits per heavy atom. The first kappa shape index (κ1) is 30.9. The van der Waals surface area contributed by atoms with Crippen molar-refractivity contribution in [3.05, 3.63) is 71.8 Å². The molecule has 3 fully saturated rings. The molecule has 3 aliphatic rings. The highest BCUT2D eigenvalue weighted by Gasteiger charge is 2.65. The first-order chi connectivity index (χ1) is 20.5. The highest BCUT2D eigenvalue weighted by Crippen LogP contribution is 2.42. The molecule has 0 spiro atoms. The Labute approximate surface area is 248 Å². The summed E-state index contributed by atoms with van der Waals surface area (Å²) in [5.74, 6) is -3.26. The molecular formula is C30H36N2O11. The fourth-order valence-corrected chi connectivity index (χ4v) is 5.76. The number of benzene rings is 2. The summed E-state index contributed by atoms with van der Waals surface area (Å²) in [6, 6.07) is 15.2. The molecule has 1 saturated carbocycles. The SMILES string of the molecule is C[C@@H]1CC(=O)[C@]2(O)O[C@H]3[C@H](O[C@@H]2O1)[C@@H](O)[C@H](N(C)C(=O)OCc1ccccc1)[C@H](O)[C@@H]3N(C)C(=O)OCc1ccccc1. The van der Waals surface area contributed by atoms with Crippen molar-refractivity contribution in [2.75, 3.05) is 14.1 Å². The van der Waals surface area contributed by atoms with Crippen LogP contribution in [0.15, 0.2) is 60.7 Å². The molecule has 2 amide bonds. The van der Waals surface area contributed by atoms with Gasteiger partial charge in [0.1, 0.15) is 37.6 Å². The van der Waals surface area contributed by atoms with Gasteiger partial charge in [-0.05, 0) is 18.1 Å². The number of ether oxygens (including phenoxy) is 5. The van der Waals surface area contributed by atoms with Crippen LogP contribution >= 0.6 is 0 Å². The molecule has 1 aliphatic carbocycles. The Hall–Kier alpha value is -3.59. The third kappa shape index (κ3) is 6.09. The van der Waals surface area contributed by atoms with E-state index in [2.05, 4.69) is 0 Å². The van der Waals surface area contributed by atoms with E-state index in [1.54, 1.807) is 55.5 Å². The van der Waals surface area contributed by atoms with E-state index in [-0.39, 0.29) is 19.6 Å². The number of aliphatic hydroxyl groups excluding tert-OH is 2. The van der Waals surface area contributed by atoms with Gasteiger partial charge in [-0.1, -0.05) is 60.7 Å². The minimum atomic E-state index is -2.55. The molecule has 43 heavy (non-hydrogen) atoms.